The van der Waals surface area contributed by atoms with E-state index in [0.717, 1.165) is 5.69 Å². The van der Waals surface area contributed by atoms with E-state index >= 15 is 0 Å². The molecule has 1 aromatic rings. The van der Waals surface area contributed by atoms with Gasteiger partial charge in [0, 0.05) is 35.1 Å². The topological polar surface area (TPSA) is 69.1 Å². The van der Waals surface area contributed by atoms with Gasteiger partial charge in [-0.2, -0.15) is 0 Å². The number of benzene rings is 1. The maximum atomic E-state index is 11.8. The van der Waals surface area contributed by atoms with E-state index in [-0.39, 0.29) is 11.8 Å². The molecule has 0 aliphatic carbocycles. The molecule has 1 atom stereocenters. The van der Waals surface area contributed by atoms with E-state index in [1.165, 1.54) is 0 Å². The van der Waals surface area contributed by atoms with Gasteiger partial charge in [0.05, 0.1) is 0 Å². The van der Waals surface area contributed by atoms with Crippen LogP contribution in [0, 0.1) is 5.92 Å². The summed E-state index contributed by atoms with van der Waals surface area (Å²) < 4.78 is 0. The summed E-state index contributed by atoms with van der Waals surface area (Å²) in [6, 6.07) is 7.14. The molecule has 0 aromatic heterocycles. The van der Waals surface area contributed by atoms with E-state index < -0.39 is 0 Å². The number of azide groups is 1. The molecule has 1 aliphatic rings. The molecule has 1 heterocycles. The number of amides is 1. The Hall–Kier alpha value is -1.71. The van der Waals surface area contributed by atoms with Crippen molar-refractivity contribution in [3.8, 4) is 0 Å². The lowest BCUT2D eigenvalue weighted by Gasteiger charge is -2.16. The lowest BCUT2D eigenvalue weighted by molar-refractivity contribution is -0.117. The molecule has 6 heteroatoms. The van der Waals surface area contributed by atoms with Crippen molar-refractivity contribution < 1.29 is 4.79 Å². The van der Waals surface area contributed by atoms with Crippen LogP contribution in [0.5, 0.6) is 0 Å². The Kier molecular flexibility index (Phi) is 3.52. The summed E-state index contributed by atoms with van der Waals surface area (Å²) in [5.74, 6) is 0.166. The molecular formula is C11H11ClN4O. The van der Waals surface area contributed by atoms with Crippen molar-refractivity contribution in [1.29, 1.82) is 0 Å². The maximum absolute atomic E-state index is 11.8. The number of carbonyl (C=O) groups excluding carboxylic acids is 1. The highest BCUT2D eigenvalue weighted by molar-refractivity contribution is 6.30. The summed E-state index contributed by atoms with van der Waals surface area (Å²) in [5.41, 5.74) is 9.09. The van der Waals surface area contributed by atoms with E-state index in [9.17, 15) is 4.79 Å². The molecule has 17 heavy (non-hydrogen) atoms. The molecule has 0 saturated carbocycles. The van der Waals surface area contributed by atoms with E-state index in [0.29, 0.717) is 24.5 Å². The van der Waals surface area contributed by atoms with Gasteiger partial charge in [-0.15, -0.1) is 0 Å². The van der Waals surface area contributed by atoms with Crippen molar-refractivity contribution >= 4 is 23.2 Å². The van der Waals surface area contributed by atoms with E-state index in [1.54, 1.807) is 17.0 Å². The van der Waals surface area contributed by atoms with E-state index in [2.05, 4.69) is 10.0 Å². The second-order valence-electron chi connectivity index (χ2n) is 3.96. The Morgan fingerprint density at radius 3 is 2.82 bits per heavy atom. The third-order valence-electron chi connectivity index (χ3n) is 2.75. The van der Waals surface area contributed by atoms with Crippen molar-refractivity contribution in [2.24, 2.45) is 11.0 Å². The summed E-state index contributed by atoms with van der Waals surface area (Å²) in [4.78, 5) is 16.2. The van der Waals surface area contributed by atoms with Crippen LogP contribution in [0.25, 0.3) is 10.4 Å². The highest BCUT2D eigenvalue weighted by atomic mass is 35.5. The summed E-state index contributed by atoms with van der Waals surface area (Å²) in [6.07, 6.45) is 0.432. The highest BCUT2D eigenvalue weighted by Crippen LogP contribution is 2.26. The zero-order chi connectivity index (χ0) is 12.3. The van der Waals surface area contributed by atoms with Gasteiger partial charge in [0.25, 0.3) is 0 Å². The molecule has 1 fully saturated rings. The minimum Gasteiger partial charge on any atom is -0.312 e. The molecule has 1 unspecified atom stereocenters. The van der Waals surface area contributed by atoms with Crippen LogP contribution in [0.15, 0.2) is 29.4 Å². The Morgan fingerprint density at radius 1 is 1.47 bits per heavy atom. The minimum absolute atomic E-state index is 0.0606. The molecule has 1 aliphatic heterocycles. The molecule has 1 saturated heterocycles. The highest BCUT2D eigenvalue weighted by Gasteiger charge is 2.29. The van der Waals surface area contributed by atoms with Gasteiger partial charge in [0.2, 0.25) is 5.91 Å². The second-order valence-corrected chi connectivity index (χ2v) is 4.40. The average Bonchev–Trinajstić information content (AvgIpc) is 2.69. The fourth-order valence-electron chi connectivity index (χ4n) is 1.93. The van der Waals surface area contributed by atoms with Crippen molar-refractivity contribution in [3.05, 3.63) is 39.7 Å². The summed E-state index contributed by atoms with van der Waals surface area (Å²) in [6.45, 7) is 0.964. The third-order valence-corrected chi connectivity index (χ3v) is 3.00. The smallest absolute Gasteiger partial charge is 0.227 e. The molecule has 1 aromatic carbocycles. The molecule has 1 amide bonds. The Bertz CT molecular complexity index is 467. The van der Waals surface area contributed by atoms with Crippen molar-refractivity contribution in [3.63, 3.8) is 0 Å². The summed E-state index contributed by atoms with van der Waals surface area (Å²) >= 11 is 5.79. The Labute approximate surface area is 104 Å². The first-order chi connectivity index (χ1) is 8.20. The predicted octanol–water partition coefficient (Wildman–Crippen LogP) is 3.00. The third kappa shape index (κ3) is 2.70. The number of rotatable bonds is 3. The molecular weight excluding hydrogens is 240 g/mol. The van der Waals surface area contributed by atoms with Gasteiger partial charge >= 0.3 is 0 Å². The fourth-order valence-corrected chi connectivity index (χ4v) is 2.05. The maximum Gasteiger partial charge on any atom is 0.227 e. The van der Waals surface area contributed by atoms with Crippen molar-refractivity contribution in [2.75, 3.05) is 18.0 Å². The predicted molar refractivity (Wildman–Crippen MR) is 65.9 cm³/mol. The molecule has 0 spiro atoms. The number of halogens is 1. The van der Waals surface area contributed by atoms with Gasteiger partial charge in [-0.1, -0.05) is 16.7 Å². The quantitative estimate of drug-likeness (QED) is 0.462. The van der Waals surface area contributed by atoms with Crippen LogP contribution >= 0.6 is 11.6 Å². The molecule has 5 nitrogen and oxygen atoms in total. The molecule has 88 valence electrons. The number of carbonyl (C=O) groups is 1. The lowest BCUT2D eigenvalue weighted by Crippen LogP contribution is -2.24. The Morgan fingerprint density at radius 2 is 2.18 bits per heavy atom. The van der Waals surface area contributed by atoms with Gasteiger partial charge in [-0.25, -0.2) is 0 Å². The number of hydrogen-bond acceptors (Lipinski definition) is 2. The zero-order valence-corrected chi connectivity index (χ0v) is 9.84. The molecule has 0 N–H and O–H groups in total. The SMILES string of the molecule is [N-]=[N+]=NCC1CC(=O)N(c2ccc(Cl)cc2)C1. The van der Waals surface area contributed by atoms with E-state index in [1.807, 2.05) is 12.1 Å². The molecule has 0 radical (unpaired) electrons. The summed E-state index contributed by atoms with van der Waals surface area (Å²) in [7, 11) is 0. The van der Waals surface area contributed by atoms with Crippen LogP contribution in [-0.4, -0.2) is 19.0 Å². The number of anilines is 1. The largest absolute Gasteiger partial charge is 0.312 e. The standard InChI is InChI=1S/C11H11ClN4O/c12-9-1-3-10(4-2-9)16-7-8(5-11(16)17)6-14-15-13/h1-4,8H,5-7H2. The lowest BCUT2D eigenvalue weighted by atomic mass is 10.1. The first kappa shape index (κ1) is 11.8. The number of nitrogens with zero attached hydrogens (tertiary/aromatic N) is 4. The normalized spacial score (nSPS) is 19.2. The fraction of sp³-hybridized carbons (Fsp3) is 0.364. The monoisotopic (exact) mass is 250 g/mol. The van der Waals surface area contributed by atoms with Crippen molar-refractivity contribution in [1.82, 2.24) is 0 Å². The van der Waals surface area contributed by atoms with Crippen LogP contribution in [0.4, 0.5) is 5.69 Å². The minimum atomic E-state index is 0.0606. The molecule has 2 rings (SSSR count). The zero-order valence-electron chi connectivity index (χ0n) is 9.08. The van der Waals surface area contributed by atoms with Gasteiger partial charge in [0.1, 0.15) is 0 Å². The van der Waals surface area contributed by atoms with Gasteiger partial charge in [-0.05, 0) is 35.7 Å². The van der Waals surface area contributed by atoms with Crippen LogP contribution in [0.1, 0.15) is 6.42 Å². The van der Waals surface area contributed by atoms with E-state index in [4.69, 9.17) is 17.1 Å². The average molecular weight is 251 g/mol. The Balaban J connectivity index is 2.10. The first-order valence-electron chi connectivity index (χ1n) is 5.27. The van der Waals surface area contributed by atoms with Gasteiger partial charge in [0.15, 0.2) is 0 Å². The van der Waals surface area contributed by atoms with Gasteiger partial charge in [-0.3, -0.25) is 4.79 Å². The van der Waals surface area contributed by atoms with Crippen molar-refractivity contribution in [2.45, 2.75) is 6.42 Å². The van der Waals surface area contributed by atoms with Crippen LogP contribution < -0.4 is 4.90 Å². The van der Waals surface area contributed by atoms with Crippen LogP contribution in [0.3, 0.4) is 0 Å². The number of hydrogen-bond donors (Lipinski definition) is 0. The second kappa shape index (κ2) is 5.08. The first-order valence-corrected chi connectivity index (χ1v) is 5.65. The molecule has 0 bridgehead atoms. The van der Waals surface area contributed by atoms with Crippen LogP contribution in [0.2, 0.25) is 5.02 Å². The van der Waals surface area contributed by atoms with Gasteiger partial charge < -0.3 is 4.90 Å². The summed E-state index contributed by atoms with van der Waals surface area (Å²) in [5, 5.41) is 4.16. The van der Waals surface area contributed by atoms with Crippen LogP contribution in [-0.2, 0) is 4.79 Å².